The Labute approximate surface area is 364 Å². The minimum atomic E-state index is -0.613. The zero-order valence-electron chi connectivity index (χ0n) is 34.0. The highest BCUT2D eigenvalue weighted by molar-refractivity contribution is 6.09. The van der Waals surface area contributed by atoms with Crippen LogP contribution in [0.5, 0.6) is 11.5 Å². The van der Waals surface area contributed by atoms with Crippen LogP contribution in [-0.2, 0) is 5.41 Å². The van der Waals surface area contributed by atoms with Crippen molar-refractivity contribution in [1.29, 1.82) is 0 Å². The van der Waals surface area contributed by atoms with Gasteiger partial charge < -0.3 is 4.74 Å². The second-order valence-electron chi connectivity index (χ2n) is 16.3. The van der Waals surface area contributed by atoms with Gasteiger partial charge in [0.2, 0.25) is 0 Å². The average molecular weight is 805 g/mol. The molecule has 0 amide bonds. The van der Waals surface area contributed by atoms with Crippen LogP contribution in [0.4, 0.5) is 0 Å². The first-order valence-corrected chi connectivity index (χ1v) is 21.3. The summed E-state index contributed by atoms with van der Waals surface area (Å²) in [6, 6.07) is 73.3. The molecule has 4 heterocycles. The molecule has 5 heteroatoms. The number of benzene rings is 8. The highest BCUT2D eigenvalue weighted by atomic mass is 16.5. The van der Waals surface area contributed by atoms with E-state index in [0.717, 1.165) is 95.1 Å². The maximum absolute atomic E-state index is 6.68. The lowest BCUT2D eigenvalue weighted by Crippen LogP contribution is -2.32. The largest absolute Gasteiger partial charge is 0.457 e. The number of pyridine rings is 2. The lowest BCUT2D eigenvalue weighted by Gasteiger charge is -2.39. The fraction of sp³-hybridized carbons (Fsp3) is 0.0172. The summed E-state index contributed by atoms with van der Waals surface area (Å²) in [5.74, 6) is 2.61. The predicted octanol–water partition coefficient (Wildman–Crippen LogP) is 14.1. The number of aromatic nitrogens is 4. The Bertz CT molecular complexity index is 3530. The number of fused-ring (bicyclic) bond motifs is 12. The Hall–Kier alpha value is -8.41. The van der Waals surface area contributed by atoms with Gasteiger partial charge in [-0.3, -0.25) is 9.55 Å². The van der Waals surface area contributed by atoms with Gasteiger partial charge in [0.15, 0.2) is 0 Å². The van der Waals surface area contributed by atoms with E-state index in [4.69, 9.17) is 14.7 Å². The van der Waals surface area contributed by atoms with Crippen molar-refractivity contribution in [2.45, 2.75) is 5.41 Å². The lowest BCUT2D eigenvalue weighted by molar-refractivity contribution is 0.436. The summed E-state index contributed by atoms with van der Waals surface area (Å²) in [5, 5.41) is 1.02. The van der Waals surface area contributed by atoms with Crippen molar-refractivity contribution in [3.05, 3.63) is 241 Å². The molecule has 0 radical (unpaired) electrons. The molecule has 0 saturated carbocycles. The van der Waals surface area contributed by atoms with Crippen molar-refractivity contribution in [2.24, 2.45) is 0 Å². The normalized spacial score (nSPS) is 13.0. The van der Waals surface area contributed by atoms with Gasteiger partial charge in [-0.05, 0) is 93.0 Å². The number of hydrogen-bond acceptors (Lipinski definition) is 4. The molecule has 13 rings (SSSR count). The number of hydrogen-bond donors (Lipinski definition) is 0. The van der Waals surface area contributed by atoms with E-state index in [1.54, 1.807) is 0 Å². The fourth-order valence-corrected chi connectivity index (χ4v) is 10.2. The Balaban J connectivity index is 1.00. The van der Waals surface area contributed by atoms with Gasteiger partial charge in [0.05, 0.1) is 16.6 Å². The second-order valence-corrected chi connectivity index (χ2v) is 16.3. The smallest absolute Gasteiger partial charge is 0.145 e. The number of para-hydroxylation sites is 4. The fourth-order valence-electron chi connectivity index (χ4n) is 10.2. The van der Waals surface area contributed by atoms with Gasteiger partial charge in [-0.25, -0.2) is 9.97 Å². The molecule has 63 heavy (non-hydrogen) atoms. The molecule has 1 aliphatic heterocycles. The van der Waals surface area contributed by atoms with Crippen LogP contribution >= 0.6 is 0 Å². The van der Waals surface area contributed by atoms with E-state index in [2.05, 4.69) is 198 Å². The summed E-state index contributed by atoms with van der Waals surface area (Å²) in [4.78, 5) is 15.2. The van der Waals surface area contributed by atoms with Crippen LogP contribution in [0.25, 0.3) is 83.6 Å². The van der Waals surface area contributed by atoms with E-state index in [9.17, 15) is 0 Å². The topological polar surface area (TPSA) is 52.8 Å². The maximum Gasteiger partial charge on any atom is 0.145 e. The second kappa shape index (κ2) is 13.8. The van der Waals surface area contributed by atoms with Crippen molar-refractivity contribution in [3.8, 4) is 73.2 Å². The molecule has 5 nitrogen and oxygen atoms in total. The predicted molar refractivity (Wildman–Crippen MR) is 253 cm³/mol. The van der Waals surface area contributed by atoms with Crippen molar-refractivity contribution >= 4 is 21.9 Å². The van der Waals surface area contributed by atoms with Crippen LogP contribution in [-0.4, -0.2) is 19.5 Å². The number of imidazole rings is 1. The Morgan fingerprint density at radius 2 is 1.00 bits per heavy atom. The van der Waals surface area contributed by atoms with Crippen LogP contribution in [0, 0.1) is 0 Å². The maximum atomic E-state index is 6.68. The molecule has 1 spiro atoms. The molecule has 1 aliphatic carbocycles. The van der Waals surface area contributed by atoms with E-state index in [1.807, 2.05) is 30.6 Å². The highest BCUT2D eigenvalue weighted by Gasteiger charge is 2.51. The molecule has 0 unspecified atom stereocenters. The van der Waals surface area contributed by atoms with Crippen molar-refractivity contribution in [1.82, 2.24) is 19.5 Å². The van der Waals surface area contributed by atoms with Gasteiger partial charge in [-0.2, -0.15) is 0 Å². The average Bonchev–Trinajstić information content (AvgIpc) is 3.90. The Morgan fingerprint density at radius 3 is 1.68 bits per heavy atom. The standard InChI is InChI=1S/C58H36N4O/c1-3-14-38(15-4-1)54-56-55(46-19-7-10-22-51(46)60-54)61-57(62(56)43-17-5-2-6-18-43)39-27-25-37(26-28-39)40-29-31-44-45-32-30-41(42-16-13-33-59-36-42)35-50(45)58(49(44)34-40)47-20-8-11-23-52(47)63-53-24-12-9-21-48(53)58/h1-36H. The molecule has 3 aromatic heterocycles. The summed E-state index contributed by atoms with van der Waals surface area (Å²) in [5.41, 5.74) is 17.9. The summed E-state index contributed by atoms with van der Waals surface area (Å²) in [7, 11) is 0. The quantitative estimate of drug-likeness (QED) is 0.174. The van der Waals surface area contributed by atoms with Crippen LogP contribution in [0.3, 0.4) is 0 Å². The van der Waals surface area contributed by atoms with Gasteiger partial charge in [-0.1, -0.05) is 158 Å². The van der Waals surface area contributed by atoms with Gasteiger partial charge in [0.1, 0.15) is 28.4 Å². The zero-order chi connectivity index (χ0) is 41.5. The van der Waals surface area contributed by atoms with Crippen molar-refractivity contribution in [2.75, 3.05) is 0 Å². The summed E-state index contributed by atoms with van der Waals surface area (Å²) >= 11 is 0. The van der Waals surface area contributed by atoms with Gasteiger partial charge in [0.25, 0.3) is 0 Å². The van der Waals surface area contributed by atoms with Gasteiger partial charge in [-0.15, -0.1) is 0 Å². The molecule has 2 aliphatic rings. The van der Waals surface area contributed by atoms with E-state index in [0.29, 0.717) is 0 Å². The van der Waals surface area contributed by atoms with Crippen LogP contribution in [0.15, 0.2) is 219 Å². The van der Waals surface area contributed by atoms with Crippen LogP contribution < -0.4 is 4.74 Å². The Kier molecular flexibility index (Phi) is 7.75. The third kappa shape index (κ3) is 5.27. The molecule has 11 aromatic rings. The third-order valence-corrected chi connectivity index (χ3v) is 13.0. The van der Waals surface area contributed by atoms with E-state index >= 15 is 0 Å². The summed E-state index contributed by atoms with van der Waals surface area (Å²) in [6.07, 6.45) is 3.77. The first-order valence-electron chi connectivity index (χ1n) is 21.3. The van der Waals surface area contributed by atoms with E-state index in [-0.39, 0.29) is 0 Å². The summed E-state index contributed by atoms with van der Waals surface area (Å²) < 4.78 is 8.96. The first-order chi connectivity index (χ1) is 31.2. The van der Waals surface area contributed by atoms with E-state index in [1.165, 1.54) is 22.3 Å². The molecule has 0 saturated heterocycles. The Morgan fingerprint density at radius 1 is 0.429 bits per heavy atom. The van der Waals surface area contributed by atoms with Crippen LogP contribution in [0.2, 0.25) is 0 Å². The number of nitrogens with zero attached hydrogens (tertiary/aromatic N) is 4. The minimum Gasteiger partial charge on any atom is -0.457 e. The molecule has 8 aromatic carbocycles. The highest BCUT2D eigenvalue weighted by Crippen LogP contribution is 2.62. The molecule has 0 fully saturated rings. The number of ether oxygens (including phenoxy) is 1. The van der Waals surface area contributed by atoms with Gasteiger partial charge in [0, 0.05) is 45.7 Å². The molecule has 0 atom stereocenters. The molecule has 0 N–H and O–H groups in total. The monoisotopic (exact) mass is 804 g/mol. The van der Waals surface area contributed by atoms with Crippen LogP contribution in [0.1, 0.15) is 22.3 Å². The van der Waals surface area contributed by atoms with Gasteiger partial charge >= 0.3 is 0 Å². The number of rotatable bonds is 5. The third-order valence-electron chi connectivity index (χ3n) is 13.0. The van der Waals surface area contributed by atoms with E-state index < -0.39 is 5.41 Å². The minimum absolute atomic E-state index is 0.613. The molecule has 0 bridgehead atoms. The van der Waals surface area contributed by atoms with Crippen molar-refractivity contribution in [3.63, 3.8) is 0 Å². The zero-order valence-corrected chi connectivity index (χ0v) is 34.0. The molecule has 294 valence electrons. The first kappa shape index (κ1) is 35.4. The molecular formula is C58H36N4O. The molecular weight excluding hydrogens is 769 g/mol. The summed E-state index contributed by atoms with van der Waals surface area (Å²) in [6.45, 7) is 0. The lowest BCUT2D eigenvalue weighted by atomic mass is 9.65. The SMILES string of the molecule is c1ccc(-c2nc3ccccc3c3nc(-c4ccc(-c5ccc6c(c5)C5(c7ccccc7Oc7ccccc75)c5cc(-c7cccnc7)ccc5-6)cc4)n(-c4ccccc4)c23)cc1. The van der Waals surface area contributed by atoms with Crippen molar-refractivity contribution < 1.29 is 4.74 Å².